The predicted molar refractivity (Wildman–Crippen MR) is 242 cm³/mol. The first-order chi connectivity index (χ1) is 31.3. The van der Waals surface area contributed by atoms with E-state index in [4.69, 9.17) is 22.7 Å². The highest BCUT2D eigenvalue weighted by atomic mass is 16.2. The van der Waals surface area contributed by atoms with Gasteiger partial charge in [0.15, 0.2) is 0 Å². The van der Waals surface area contributed by atoms with Crippen molar-refractivity contribution in [2.24, 2.45) is 7.05 Å². The summed E-state index contributed by atoms with van der Waals surface area (Å²) in [5, 5.41) is 11.0. The van der Waals surface area contributed by atoms with Crippen LogP contribution in [-0.2, 0) is 21.4 Å². The lowest BCUT2D eigenvalue weighted by Gasteiger charge is -1.96. The fraction of sp³-hybridized carbons (Fsp3) is 0.0435. The number of rotatable bonds is 2. The molecule has 18 nitrogen and oxygen atoms in total. The minimum Gasteiger partial charge on any atom is -0.361 e. The van der Waals surface area contributed by atoms with Gasteiger partial charge in [-0.2, -0.15) is 9.59 Å². The second kappa shape index (κ2) is 18.2. The Hall–Kier alpha value is -9.77. The van der Waals surface area contributed by atoms with Crippen molar-refractivity contribution >= 4 is 118 Å². The Kier molecular flexibility index (Phi) is 11.7. The molecule has 64 heavy (non-hydrogen) atoms. The van der Waals surface area contributed by atoms with Crippen LogP contribution in [0.3, 0.4) is 0 Å². The first-order valence-electron chi connectivity index (χ1n) is 19.1. The van der Waals surface area contributed by atoms with E-state index >= 15 is 0 Å². The van der Waals surface area contributed by atoms with Gasteiger partial charge in [-0.1, -0.05) is 13.1 Å². The highest BCUT2D eigenvalue weighted by Gasteiger charge is 2.11. The molecule has 12 aromatic rings. The maximum absolute atomic E-state index is 10.3. The van der Waals surface area contributed by atoms with Gasteiger partial charge >= 0.3 is 6.15 Å². The van der Waals surface area contributed by atoms with Crippen LogP contribution in [0.5, 0.6) is 0 Å². The SMILES string of the molecule is Cc1cc2c(cn1)[nH]c1ncccc12.O=C=O.O=CNc1cc2c(cn1)[nH]c1ncccc12.[C-]#[N+]c1cc2c(cn1)[nH]c1ncccc12.[C-]#[N+]c1cc2c3cccnc3n(C)c2cn1. The smallest absolute Gasteiger partial charge is 0.361 e. The third-order valence-electron chi connectivity index (χ3n) is 9.95. The molecule has 0 radical (unpaired) electrons. The average Bonchev–Trinajstić information content (AvgIpc) is 4.09. The first kappa shape index (κ1) is 41.0. The van der Waals surface area contributed by atoms with Crippen LogP contribution in [-0.4, -0.2) is 72.0 Å². The van der Waals surface area contributed by atoms with Gasteiger partial charge in [0.25, 0.3) is 11.6 Å². The Morgan fingerprint density at radius 3 is 1.58 bits per heavy atom. The van der Waals surface area contributed by atoms with Crippen molar-refractivity contribution in [1.29, 1.82) is 0 Å². The van der Waals surface area contributed by atoms with Crippen LogP contribution in [0, 0.1) is 20.1 Å². The van der Waals surface area contributed by atoms with E-state index in [2.05, 4.69) is 82.0 Å². The van der Waals surface area contributed by atoms with Crippen LogP contribution in [0.4, 0.5) is 17.5 Å². The molecule has 0 saturated carbocycles. The minimum absolute atomic E-state index is 0.250. The van der Waals surface area contributed by atoms with Gasteiger partial charge in [-0.25, -0.2) is 24.9 Å². The number of nitrogens with zero attached hydrogens (tertiary/aromatic N) is 11. The minimum atomic E-state index is 0.250. The van der Waals surface area contributed by atoms with Crippen molar-refractivity contribution in [2.75, 3.05) is 5.32 Å². The van der Waals surface area contributed by atoms with E-state index in [-0.39, 0.29) is 6.15 Å². The Balaban J connectivity index is 0.000000114. The number of aryl methyl sites for hydroxylation is 2. The lowest BCUT2D eigenvalue weighted by molar-refractivity contribution is -0.191. The number of H-pyrrole nitrogens is 3. The van der Waals surface area contributed by atoms with Gasteiger partial charge in [-0.05, 0) is 79.7 Å². The molecule has 12 aromatic heterocycles. The van der Waals surface area contributed by atoms with Crippen molar-refractivity contribution < 1.29 is 14.4 Å². The molecule has 0 bridgehead atoms. The van der Waals surface area contributed by atoms with Crippen LogP contribution in [0.1, 0.15) is 5.69 Å². The molecule has 0 unspecified atom stereocenters. The summed E-state index contributed by atoms with van der Waals surface area (Å²) in [4.78, 5) is 76.2. The van der Waals surface area contributed by atoms with Gasteiger partial charge in [-0.3, -0.25) is 9.78 Å². The van der Waals surface area contributed by atoms with Crippen LogP contribution in [0.25, 0.3) is 97.4 Å². The standard InChI is InChI=1S/C12H8N4.C11H8N4O.C11H6N4.C11H9N3.CO2/c1-13-11-6-9-8-4-3-5-14-12(8)16(2)10(9)7-15-11;16-6-14-10-4-8-7-2-1-3-12-11(7)15-9(8)5-13-10;1-12-10-5-8-7-3-2-4-13-11(7)15-9(8)6-14-10;1-7-5-9-8-3-2-4-12-11(8)14-10(9)6-13-7;2-1-3/h3-7H,2H3;1-6H,(H,12,15)(H,13,14,16);2-6H,(H,13,15);2-6H,1H3,(H,12,14);. The average molecular weight is 842 g/mol. The Morgan fingerprint density at radius 1 is 0.578 bits per heavy atom. The van der Waals surface area contributed by atoms with E-state index in [1.165, 1.54) is 5.39 Å². The molecular weight excluding hydrogens is 811 g/mol. The Morgan fingerprint density at radius 2 is 1.03 bits per heavy atom. The topological polar surface area (TPSA) is 227 Å². The van der Waals surface area contributed by atoms with Crippen LogP contribution in [0.2, 0.25) is 0 Å². The van der Waals surface area contributed by atoms with E-state index in [0.717, 1.165) is 88.1 Å². The van der Waals surface area contributed by atoms with Gasteiger partial charge in [0.1, 0.15) is 40.8 Å². The van der Waals surface area contributed by atoms with E-state index in [1.807, 2.05) is 79.3 Å². The molecule has 308 valence electrons. The van der Waals surface area contributed by atoms with Crippen LogP contribution < -0.4 is 5.32 Å². The number of carbonyl (C=O) groups is 1. The number of hydrogen-bond donors (Lipinski definition) is 4. The largest absolute Gasteiger partial charge is 0.373 e. The molecule has 12 heterocycles. The molecule has 0 aliphatic rings. The number of nitrogens with one attached hydrogen (secondary N) is 4. The highest BCUT2D eigenvalue weighted by molar-refractivity contribution is 6.09. The zero-order valence-electron chi connectivity index (χ0n) is 33.8. The van der Waals surface area contributed by atoms with Crippen molar-refractivity contribution in [2.45, 2.75) is 6.92 Å². The van der Waals surface area contributed by atoms with Crippen molar-refractivity contribution in [3.8, 4) is 0 Å². The van der Waals surface area contributed by atoms with Crippen molar-refractivity contribution in [3.63, 3.8) is 0 Å². The number of hydrogen-bond acceptors (Lipinski definition) is 11. The molecule has 0 spiro atoms. The van der Waals surface area contributed by atoms with Gasteiger partial charge < -0.3 is 34.5 Å². The lowest BCUT2D eigenvalue weighted by Crippen LogP contribution is -1.95. The normalized spacial score (nSPS) is 10.4. The van der Waals surface area contributed by atoms with E-state index in [9.17, 15) is 4.79 Å². The number of anilines is 1. The third-order valence-corrected chi connectivity index (χ3v) is 9.95. The maximum atomic E-state index is 10.3. The number of aromatic nitrogens is 12. The third kappa shape index (κ3) is 8.21. The first-order valence-corrected chi connectivity index (χ1v) is 19.1. The number of amides is 1. The molecule has 0 aliphatic heterocycles. The highest BCUT2D eigenvalue weighted by Crippen LogP contribution is 2.29. The molecule has 0 atom stereocenters. The van der Waals surface area contributed by atoms with Gasteiger partial charge in [-0.15, -0.1) is 9.97 Å². The molecule has 12 rings (SSSR count). The van der Waals surface area contributed by atoms with Crippen LogP contribution in [0.15, 0.2) is 122 Å². The Labute approximate surface area is 360 Å². The molecular formula is C46H31N15O3. The molecule has 0 aromatic carbocycles. The summed E-state index contributed by atoms with van der Waals surface area (Å²) in [6.07, 6.45) is 14.8. The quantitative estimate of drug-likeness (QED) is 0.0949. The molecule has 4 N–H and O–H groups in total. The number of fused-ring (bicyclic) bond motifs is 12. The van der Waals surface area contributed by atoms with Gasteiger partial charge in [0, 0.05) is 80.6 Å². The lowest BCUT2D eigenvalue weighted by atomic mass is 10.2. The second-order valence-corrected chi connectivity index (χ2v) is 13.7. The second-order valence-electron chi connectivity index (χ2n) is 13.7. The summed E-state index contributed by atoms with van der Waals surface area (Å²) in [7, 11) is 1.96. The summed E-state index contributed by atoms with van der Waals surface area (Å²) >= 11 is 0. The summed E-state index contributed by atoms with van der Waals surface area (Å²) in [5.74, 6) is 1.36. The van der Waals surface area contributed by atoms with E-state index in [1.54, 1.807) is 49.4 Å². The summed E-state index contributed by atoms with van der Waals surface area (Å²) in [6, 6.07) is 23.1. The number of aromatic amines is 3. The monoisotopic (exact) mass is 841 g/mol. The summed E-state index contributed by atoms with van der Waals surface area (Å²) in [5.41, 5.74) is 8.39. The zero-order valence-corrected chi connectivity index (χ0v) is 33.8. The van der Waals surface area contributed by atoms with Crippen molar-refractivity contribution in [1.82, 2.24) is 59.4 Å². The van der Waals surface area contributed by atoms with E-state index in [0.29, 0.717) is 23.9 Å². The maximum Gasteiger partial charge on any atom is 0.373 e. The number of pyridine rings is 8. The fourth-order valence-corrected chi connectivity index (χ4v) is 7.15. The van der Waals surface area contributed by atoms with Crippen LogP contribution >= 0.6 is 0 Å². The fourth-order valence-electron chi connectivity index (χ4n) is 7.15. The summed E-state index contributed by atoms with van der Waals surface area (Å²) in [6.45, 7) is 15.9. The molecule has 1 amide bonds. The van der Waals surface area contributed by atoms with Crippen molar-refractivity contribution in [3.05, 3.63) is 151 Å². The molecule has 0 fully saturated rings. The zero-order chi connectivity index (χ0) is 44.6. The molecule has 0 aliphatic carbocycles. The predicted octanol–water partition coefficient (Wildman–Crippen LogP) is 8.85. The molecule has 0 saturated heterocycles. The summed E-state index contributed by atoms with van der Waals surface area (Å²) < 4.78 is 1.99. The van der Waals surface area contributed by atoms with E-state index < -0.39 is 0 Å². The Bertz CT molecular complexity index is 3790. The van der Waals surface area contributed by atoms with Gasteiger partial charge in [0.05, 0.1) is 34.5 Å². The number of carbonyl (C=O) groups excluding carboxylic acids is 3. The van der Waals surface area contributed by atoms with Gasteiger partial charge in [0.2, 0.25) is 6.41 Å². The molecule has 18 heteroatoms.